The predicted octanol–water partition coefficient (Wildman–Crippen LogP) is -1.80. The summed E-state index contributed by atoms with van der Waals surface area (Å²) in [5, 5.41) is 5.19. The van der Waals surface area contributed by atoms with Gasteiger partial charge in [-0.2, -0.15) is 0 Å². The zero-order chi connectivity index (χ0) is 8.69. The molecule has 0 aromatic heterocycles. The molecule has 64 valence electrons. The fraction of sp³-hybridized carbons (Fsp3) is 0.667. The van der Waals surface area contributed by atoms with E-state index in [-0.39, 0.29) is 24.8 Å². The Morgan fingerprint density at radius 2 is 2.09 bits per heavy atom. The number of rotatable bonds is 5. The molecule has 4 N–H and O–H groups in total. The number of hydrogen-bond donors (Lipinski definition) is 3. The van der Waals surface area contributed by atoms with Gasteiger partial charge in [0.1, 0.15) is 0 Å². The number of hydrogen-bond acceptors (Lipinski definition) is 3. The molecule has 0 rings (SSSR count). The Balaban J connectivity index is 3.14. The molecule has 0 heterocycles. The van der Waals surface area contributed by atoms with Crippen LogP contribution in [0.5, 0.6) is 0 Å². The number of likely N-dealkylation sites (N-methyl/N-ethyl adjacent to an activating group) is 1. The Morgan fingerprint density at radius 3 is 2.55 bits per heavy atom. The predicted molar refractivity (Wildman–Crippen MR) is 40.7 cm³/mol. The molecule has 0 saturated heterocycles. The molecule has 11 heavy (non-hydrogen) atoms. The van der Waals surface area contributed by atoms with E-state index in [1.165, 1.54) is 0 Å². The topological polar surface area (TPSA) is 84.2 Å². The summed E-state index contributed by atoms with van der Waals surface area (Å²) >= 11 is 0. The summed E-state index contributed by atoms with van der Waals surface area (Å²) in [5.41, 5.74) is 4.86. The minimum atomic E-state index is -0.366. The van der Waals surface area contributed by atoms with Crippen LogP contribution < -0.4 is 16.4 Å². The second-order valence-electron chi connectivity index (χ2n) is 2.07. The van der Waals surface area contributed by atoms with Gasteiger partial charge >= 0.3 is 0 Å². The lowest BCUT2D eigenvalue weighted by molar-refractivity contribution is -0.120. The molecule has 0 fully saturated rings. The van der Waals surface area contributed by atoms with Crippen LogP contribution in [-0.4, -0.2) is 32.0 Å². The van der Waals surface area contributed by atoms with E-state index < -0.39 is 0 Å². The first-order chi connectivity index (χ1) is 5.16. The van der Waals surface area contributed by atoms with Gasteiger partial charge in [-0.05, 0) is 0 Å². The van der Waals surface area contributed by atoms with Crippen molar-refractivity contribution in [2.24, 2.45) is 5.73 Å². The lowest BCUT2D eigenvalue weighted by Crippen LogP contribution is -2.33. The molecule has 0 aliphatic heterocycles. The van der Waals surface area contributed by atoms with Crippen LogP contribution in [0.15, 0.2) is 0 Å². The first-order valence-corrected chi connectivity index (χ1v) is 3.36. The molecular weight excluding hydrogens is 146 g/mol. The SMILES string of the molecule is CNC(=O)CNCCC(N)=O. The quantitative estimate of drug-likeness (QED) is 0.414. The molecule has 0 aliphatic carbocycles. The Bertz CT molecular complexity index is 147. The van der Waals surface area contributed by atoms with Gasteiger partial charge in [0, 0.05) is 20.0 Å². The minimum Gasteiger partial charge on any atom is -0.370 e. The molecule has 0 bridgehead atoms. The van der Waals surface area contributed by atoms with Crippen molar-refractivity contribution >= 4 is 11.8 Å². The Labute approximate surface area is 65.3 Å². The van der Waals surface area contributed by atoms with Crippen molar-refractivity contribution in [1.29, 1.82) is 0 Å². The summed E-state index contributed by atoms with van der Waals surface area (Å²) in [5.74, 6) is -0.469. The highest BCUT2D eigenvalue weighted by molar-refractivity contribution is 5.77. The number of nitrogens with two attached hydrogens (primary N) is 1. The molecule has 0 atom stereocenters. The normalized spacial score (nSPS) is 9.18. The van der Waals surface area contributed by atoms with Crippen molar-refractivity contribution in [2.75, 3.05) is 20.1 Å². The van der Waals surface area contributed by atoms with E-state index >= 15 is 0 Å². The number of primary amides is 1. The summed E-state index contributed by atoms with van der Waals surface area (Å²) in [6.07, 6.45) is 0.261. The maximum absolute atomic E-state index is 10.6. The maximum Gasteiger partial charge on any atom is 0.233 e. The number of nitrogens with one attached hydrogen (secondary N) is 2. The van der Waals surface area contributed by atoms with Gasteiger partial charge in [-0.1, -0.05) is 0 Å². The molecule has 0 aromatic rings. The van der Waals surface area contributed by atoms with E-state index in [0.29, 0.717) is 6.54 Å². The number of amides is 2. The molecule has 0 radical (unpaired) electrons. The van der Waals surface area contributed by atoms with Crippen LogP contribution >= 0.6 is 0 Å². The van der Waals surface area contributed by atoms with Gasteiger partial charge in [-0.15, -0.1) is 0 Å². The minimum absolute atomic E-state index is 0.102. The van der Waals surface area contributed by atoms with E-state index in [1.807, 2.05) is 0 Å². The second-order valence-corrected chi connectivity index (χ2v) is 2.07. The summed E-state index contributed by atoms with van der Waals surface area (Å²) in [6.45, 7) is 0.673. The van der Waals surface area contributed by atoms with Crippen molar-refractivity contribution in [1.82, 2.24) is 10.6 Å². The third-order valence-electron chi connectivity index (χ3n) is 1.11. The molecule has 0 spiro atoms. The fourth-order valence-electron chi connectivity index (χ4n) is 0.502. The zero-order valence-electron chi connectivity index (χ0n) is 6.52. The van der Waals surface area contributed by atoms with E-state index in [0.717, 1.165) is 0 Å². The van der Waals surface area contributed by atoms with Gasteiger partial charge in [-0.3, -0.25) is 9.59 Å². The standard InChI is InChI=1S/C6H13N3O2/c1-8-6(11)4-9-3-2-5(7)10/h9H,2-4H2,1H3,(H2,7,10)(H,8,11). The zero-order valence-corrected chi connectivity index (χ0v) is 6.52. The Hall–Kier alpha value is -1.10. The van der Waals surface area contributed by atoms with Crippen molar-refractivity contribution < 1.29 is 9.59 Å². The maximum atomic E-state index is 10.6. The molecule has 0 unspecified atom stereocenters. The third kappa shape index (κ3) is 6.79. The highest BCUT2D eigenvalue weighted by Crippen LogP contribution is 1.71. The van der Waals surface area contributed by atoms with E-state index in [9.17, 15) is 9.59 Å². The van der Waals surface area contributed by atoms with Crippen LogP contribution in [0.25, 0.3) is 0 Å². The summed E-state index contributed by atoms with van der Waals surface area (Å²) in [7, 11) is 1.55. The molecular formula is C6H13N3O2. The van der Waals surface area contributed by atoms with Gasteiger partial charge in [0.2, 0.25) is 11.8 Å². The summed E-state index contributed by atoms with van der Waals surface area (Å²) in [6, 6.07) is 0. The summed E-state index contributed by atoms with van der Waals surface area (Å²) in [4.78, 5) is 20.8. The third-order valence-corrected chi connectivity index (χ3v) is 1.11. The highest BCUT2D eigenvalue weighted by atomic mass is 16.2. The van der Waals surface area contributed by atoms with E-state index in [1.54, 1.807) is 7.05 Å². The first kappa shape index (κ1) is 9.90. The summed E-state index contributed by atoms with van der Waals surface area (Å²) < 4.78 is 0. The molecule has 5 heteroatoms. The van der Waals surface area contributed by atoms with Gasteiger partial charge in [0.15, 0.2) is 0 Å². The van der Waals surface area contributed by atoms with Crippen LogP contribution in [0.2, 0.25) is 0 Å². The van der Waals surface area contributed by atoms with Crippen LogP contribution in [0.3, 0.4) is 0 Å². The number of carbonyl (C=O) groups excluding carboxylic acids is 2. The van der Waals surface area contributed by atoms with E-state index in [4.69, 9.17) is 5.73 Å². The number of carbonyl (C=O) groups is 2. The van der Waals surface area contributed by atoms with Crippen molar-refractivity contribution in [3.63, 3.8) is 0 Å². The lowest BCUT2D eigenvalue weighted by Gasteiger charge is -2.00. The Morgan fingerprint density at radius 1 is 1.45 bits per heavy atom. The molecule has 5 nitrogen and oxygen atoms in total. The molecule has 2 amide bonds. The van der Waals surface area contributed by atoms with Crippen molar-refractivity contribution in [3.05, 3.63) is 0 Å². The van der Waals surface area contributed by atoms with Gasteiger partial charge in [0.05, 0.1) is 6.54 Å². The average Bonchev–Trinajstić information content (AvgIpc) is 1.97. The van der Waals surface area contributed by atoms with Crippen LogP contribution in [0.4, 0.5) is 0 Å². The van der Waals surface area contributed by atoms with Gasteiger partial charge < -0.3 is 16.4 Å². The second kappa shape index (κ2) is 5.67. The molecule has 0 aliphatic rings. The largest absolute Gasteiger partial charge is 0.370 e. The molecule has 0 saturated carbocycles. The van der Waals surface area contributed by atoms with E-state index in [2.05, 4.69) is 10.6 Å². The lowest BCUT2D eigenvalue weighted by atomic mass is 10.4. The fourth-order valence-corrected chi connectivity index (χ4v) is 0.502. The molecule has 0 aromatic carbocycles. The smallest absolute Gasteiger partial charge is 0.233 e. The highest BCUT2D eigenvalue weighted by Gasteiger charge is 1.96. The van der Waals surface area contributed by atoms with Crippen LogP contribution in [-0.2, 0) is 9.59 Å². The van der Waals surface area contributed by atoms with Gasteiger partial charge in [-0.25, -0.2) is 0 Å². The Kier molecular flexibility index (Phi) is 5.10. The van der Waals surface area contributed by atoms with Gasteiger partial charge in [0.25, 0.3) is 0 Å². The van der Waals surface area contributed by atoms with Crippen molar-refractivity contribution in [2.45, 2.75) is 6.42 Å². The monoisotopic (exact) mass is 159 g/mol. The average molecular weight is 159 g/mol. The van der Waals surface area contributed by atoms with Crippen molar-refractivity contribution in [3.8, 4) is 0 Å². The van der Waals surface area contributed by atoms with Crippen LogP contribution in [0.1, 0.15) is 6.42 Å². The first-order valence-electron chi connectivity index (χ1n) is 3.36. The van der Waals surface area contributed by atoms with Crippen LogP contribution in [0, 0.1) is 0 Å².